The van der Waals surface area contributed by atoms with Gasteiger partial charge >= 0.3 is 17.4 Å². The Morgan fingerprint density at radius 3 is 1.66 bits per heavy atom. The Balaban J connectivity index is 2.76. The molecule has 0 fully saturated rings. The molecule has 1 aromatic carbocycles. The van der Waals surface area contributed by atoms with Crippen molar-refractivity contribution in [3.63, 3.8) is 0 Å². The monoisotopic (exact) mass is 443 g/mol. The molecule has 0 amide bonds. The molecular weight excluding hydrogens is 402 g/mol. The average Bonchev–Trinajstić information content (AvgIpc) is 2.72. The topological polar surface area (TPSA) is 58.2 Å². The number of nitrogens with one attached hydrogen (secondary N) is 1. The van der Waals surface area contributed by atoms with Crippen LogP contribution in [0.4, 0.5) is 5.69 Å². The largest absolute Gasteiger partial charge is 0.500 e. The van der Waals surface area contributed by atoms with E-state index in [2.05, 4.69) is 17.4 Å². The highest BCUT2D eigenvalue weighted by molar-refractivity contribution is 6.70. The average molecular weight is 444 g/mol. The SMILES string of the molecule is CCO[Si](CCCNc1ccccc1)(CC[Si](OCC)(OCC)OCC)OCC. The third-order valence-electron chi connectivity index (χ3n) is 4.56. The van der Waals surface area contributed by atoms with E-state index in [-0.39, 0.29) is 0 Å². The van der Waals surface area contributed by atoms with Gasteiger partial charge < -0.3 is 27.4 Å². The summed E-state index contributed by atoms with van der Waals surface area (Å²) in [5, 5.41) is 3.48. The number of hydrogen-bond acceptors (Lipinski definition) is 6. The molecule has 0 aliphatic heterocycles. The Labute approximate surface area is 179 Å². The molecule has 0 heterocycles. The summed E-state index contributed by atoms with van der Waals surface area (Å²) in [7, 11) is -5.08. The lowest BCUT2D eigenvalue weighted by Crippen LogP contribution is -2.50. The quantitative estimate of drug-likeness (QED) is 0.253. The Morgan fingerprint density at radius 1 is 0.655 bits per heavy atom. The first kappa shape index (κ1) is 26.3. The summed E-state index contributed by atoms with van der Waals surface area (Å²) in [5.41, 5.74) is 1.14. The van der Waals surface area contributed by atoms with Gasteiger partial charge in [0.2, 0.25) is 0 Å². The van der Waals surface area contributed by atoms with Gasteiger partial charge in [-0.05, 0) is 65.3 Å². The van der Waals surface area contributed by atoms with Crippen LogP contribution in [0.25, 0.3) is 0 Å². The van der Waals surface area contributed by atoms with Crippen molar-refractivity contribution in [3.8, 4) is 0 Å². The first-order valence-corrected chi connectivity index (χ1v) is 15.2. The molecule has 1 aromatic rings. The highest BCUT2D eigenvalue weighted by Crippen LogP contribution is 2.29. The van der Waals surface area contributed by atoms with Gasteiger partial charge in [0.05, 0.1) is 0 Å². The summed E-state index contributed by atoms with van der Waals surface area (Å²) >= 11 is 0. The van der Waals surface area contributed by atoms with Gasteiger partial charge in [0.1, 0.15) is 0 Å². The van der Waals surface area contributed by atoms with Crippen LogP contribution in [0.3, 0.4) is 0 Å². The van der Waals surface area contributed by atoms with E-state index >= 15 is 0 Å². The summed E-state index contributed by atoms with van der Waals surface area (Å²) in [6.07, 6.45) is 0.994. The lowest BCUT2D eigenvalue weighted by Gasteiger charge is -2.34. The summed E-state index contributed by atoms with van der Waals surface area (Å²) in [6, 6.07) is 12.8. The second kappa shape index (κ2) is 15.1. The van der Waals surface area contributed by atoms with Crippen LogP contribution in [0.1, 0.15) is 41.0 Å². The van der Waals surface area contributed by atoms with Crippen LogP contribution in [-0.4, -0.2) is 56.9 Å². The molecule has 1 rings (SSSR count). The minimum atomic E-state index is -2.70. The van der Waals surface area contributed by atoms with Crippen molar-refractivity contribution in [2.45, 2.75) is 59.2 Å². The summed E-state index contributed by atoms with van der Waals surface area (Å²) < 4.78 is 30.7. The maximum Gasteiger partial charge on any atom is 0.500 e. The summed E-state index contributed by atoms with van der Waals surface area (Å²) in [6.45, 7) is 14.0. The molecule has 168 valence electrons. The molecule has 0 saturated carbocycles. The Kier molecular flexibility index (Phi) is 13.7. The molecular formula is C21H41NO5Si2. The van der Waals surface area contributed by atoms with Crippen molar-refractivity contribution in [3.05, 3.63) is 30.3 Å². The molecule has 1 N–H and O–H groups in total. The van der Waals surface area contributed by atoms with Crippen molar-refractivity contribution in [2.24, 2.45) is 0 Å². The van der Waals surface area contributed by atoms with Gasteiger partial charge in [0, 0.05) is 51.3 Å². The number of para-hydroxylation sites is 1. The minimum Gasteiger partial charge on any atom is -0.394 e. The Hall–Kier alpha value is -0.746. The van der Waals surface area contributed by atoms with Gasteiger partial charge in [-0.1, -0.05) is 18.2 Å². The van der Waals surface area contributed by atoms with E-state index in [0.29, 0.717) is 33.0 Å². The number of benzene rings is 1. The van der Waals surface area contributed by atoms with E-state index in [1.165, 1.54) is 0 Å². The van der Waals surface area contributed by atoms with Gasteiger partial charge in [0.25, 0.3) is 0 Å². The minimum absolute atomic E-state index is 0.588. The molecule has 0 spiro atoms. The number of rotatable bonds is 18. The maximum absolute atomic E-state index is 6.30. The van der Waals surface area contributed by atoms with Gasteiger partial charge in [0.15, 0.2) is 0 Å². The predicted octanol–water partition coefficient (Wildman–Crippen LogP) is 5.05. The second-order valence-electron chi connectivity index (χ2n) is 6.66. The van der Waals surface area contributed by atoms with E-state index in [4.69, 9.17) is 22.1 Å². The second-order valence-corrected chi connectivity index (χ2v) is 12.8. The van der Waals surface area contributed by atoms with Crippen LogP contribution in [0.15, 0.2) is 30.3 Å². The van der Waals surface area contributed by atoms with Gasteiger partial charge in [-0.3, -0.25) is 0 Å². The van der Waals surface area contributed by atoms with Crippen LogP contribution in [-0.2, 0) is 22.1 Å². The number of anilines is 1. The third-order valence-corrected chi connectivity index (χ3v) is 11.9. The van der Waals surface area contributed by atoms with Crippen molar-refractivity contribution in [2.75, 3.05) is 44.9 Å². The molecule has 0 aromatic heterocycles. The lowest BCUT2D eigenvalue weighted by molar-refractivity contribution is 0.0711. The van der Waals surface area contributed by atoms with Crippen molar-refractivity contribution in [1.29, 1.82) is 0 Å². The van der Waals surface area contributed by atoms with Crippen LogP contribution in [0.5, 0.6) is 0 Å². The van der Waals surface area contributed by atoms with Crippen molar-refractivity contribution in [1.82, 2.24) is 0 Å². The first-order valence-electron chi connectivity index (χ1n) is 11.1. The zero-order valence-corrected chi connectivity index (χ0v) is 21.0. The molecule has 29 heavy (non-hydrogen) atoms. The maximum atomic E-state index is 6.30. The normalized spacial score (nSPS) is 12.3. The van der Waals surface area contributed by atoms with Crippen LogP contribution >= 0.6 is 0 Å². The standard InChI is InChI=1S/C21H41NO5Si2/c1-6-23-28(24-7-2,18-14-17-22-21-15-12-11-13-16-21)19-20-29(25-8-3,26-9-4)27-10-5/h11-13,15-16,22H,6-10,14,17-20H2,1-5H3. The fraction of sp³-hybridized carbons (Fsp3) is 0.714. The number of hydrogen-bond donors (Lipinski definition) is 1. The summed E-state index contributed by atoms with van der Waals surface area (Å²) in [4.78, 5) is 0. The van der Waals surface area contributed by atoms with Crippen LogP contribution < -0.4 is 5.32 Å². The molecule has 0 bridgehead atoms. The van der Waals surface area contributed by atoms with Crippen molar-refractivity contribution >= 4 is 23.1 Å². The Morgan fingerprint density at radius 2 is 1.17 bits per heavy atom. The molecule has 0 aliphatic carbocycles. The molecule has 0 unspecified atom stereocenters. The Bertz CT molecular complexity index is 498. The molecule has 8 heteroatoms. The van der Waals surface area contributed by atoms with Crippen LogP contribution in [0.2, 0.25) is 18.1 Å². The molecule has 0 aliphatic rings. The van der Waals surface area contributed by atoms with Crippen molar-refractivity contribution < 1.29 is 22.1 Å². The molecule has 0 saturated heterocycles. The predicted molar refractivity (Wildman–Crippen MR) is 124 cm³/mol. The first-order chi connectivity index (χ1) is 14.1. The molecule has 0 atom stereocenters. The van der Waals surface area contributed by atoms with Gasteiger partial charge in [-0.15, -0.1) is 0 Å². The third kappa shape index (κ3) is 9.74. The van der Waals surface area contributed by atoms with E-state index in [9.17, 15) is 0 Å². The van der Waals surface area contributed by atoms with Gasteiger partial charge in [-0.2, -0.15) is 0 Å². The van der Waals surface area contributed by atoms with E-state index in [1.807, 2.05) is 52.8 Å². The fourth-order valence-electron chi connectivity index (χ4n) is 3.47. The smallest absolute Gasteiger partial charge is 0.394 e. The summed E-state index contributed by atoms with van der Waals surface area (Å²) in [5.74, 6) is 0. The fourth-order valence-corrected chi connectivity index (χ4v) is 10.9. The van der Waals surface area contributed by atoms with Gasteiger partial charge in [-0.25, -0.2) is 0 Å². The van der Waals surface area contributed by atoms with E-state index in [1.54, 1.807) is 0 Å². The highest BCUT2D eigenvalue weighted by Gasteiger charge is 2.46. The highest BCUT2D eigenvalue weighted by atomic mass is 28.4. The zero-order chi connectivity index (χ0) is 21.4. The molecule has 0 radical (unpaired) electrons. The van der Waals surface area contributed by atoms with E-state index in [0.717, 1.165) is 36.8 Å². The molecule has 6 nitrogen and oxygen atoms in total. The zero-order valence-electron chi connectivity index (χ0n) is 19.0. The van der Waals surface area contributed by atoms with Crippen LogP contribution in [0, 0.1) is 0 Å². The van der Waals surface area contributed by atoms with E-state index < -0.39 is 17.4 Å². The lowest BCUT2D eigenvalue weighted by atomic mass is 10.3.